The van der Waals surface area contributed by atoms with Crippen molar-refractivity contribution in [1.82, 2.24) is 15.0 Å². The molecule has 7 aromatic rings. The second kappa shape index (κ2) is 18.9. The van der Waals surface area contributed by atoms with E-state index in [0.29, 0.717) is 17.8 Å². The summed E-state index contributed by atoms with van der Waals surface area (Å²) in [6.45, 7) is 13.6. The van der Waals surface area contributed by atoms with Gasteiger partial charge in [-0.2, -0.15) is 28.7 Å². The Morgan fingerprint density at radius 1 is 0.347 bits per heavy atom. The molecule has 0 amide bonds. The summed E-state index contributed by atoms with van der Waals surface area (Å²) >= 11 is 0. The summed E-state index contributed by atoms with van der Waals surface area (Å²) in [5.41, 5.74) is 16.0. The van der Waals surface area contributed by atoms with Crippen molar-refractivity contribution in [2.45, 2.75) is 57.8 Å². The SMILES string of the molecule is C[N+]1=C(/C=C/Nc2cccc(Nc3nc(Nc4cccc(N/C=C/C5=[N+](C)c6ccccc6C5(C)C)c4)nc(Nc4cccc(N/C=C/C5=[N+](C)c6ccccc6C5(C)C)c4)n3)c2)C(C)(C)c2ccccc21. The Balaban J connectivity index is 0.882. The van der Waals surface area contributed by atoms with E-state index >= 15 is 0 Å². The molecule has 12 heteroatoms. The van der Waals surface area contributed by atoms with E-state index in [9.17, 15) is 0 Å². The molecule has 4 heterocycles. The van der Waals surface area contributed by atoms with Crippen molar-refractivity contribution in [3.8, 4) is 0 Å². The van der Waals surface area contributed by atoms with Gasteiger partial charge in [-0.1, -0.05) is 72.8 Å². The fraction of sp³-hybridized carbons (Fsp3) is 0.200. The van der Waals surface area contributed by atoms with Crippen LogP contribution in [0.15, 0.2) is 182 Å². The van der Waals surface area contributed by atoms with Gasteiger partial charge in [0.25, 0.3) is 0 Å². The van der Waals surface area contributed by atoms with Gasteiger partial charge in [0.15, 0.2) is 17.1 Å². The van der Waals surface area contributed by atoms with Crippen molar-refractivity contribution in [3.63, 3.8) is 0 Å². The van der Waals surface area contributed by atoms with Gasteiger partial charge in [0.1, 0.15) is 21.1 Å². The fourth-order valence-electron chi connectivity index (χ4n) is 10.5. The monoisotopic (exact) mass is 952 g/mol. The molecular formula is C60H63N12+3. The van der Waals surface area contributed by atoms with Crippen molar-refractivity contribution < 1.29 is 13.7 Å². The molecule has 3 aliphatic heterocycles. The molecule has 0 saturated carbocycles. The molecule has 3 aliphatic rings. The molecule has 12 nitrogen and oxygen atoms in total. The topological polar surface area (TPSA) is 120 Å². The molecule has 0 bridgehead atoms. The number of benzene rings is 6. The lowest BCUT2D eigenvalue weighted by atomic mass is 9.81. The lowest BCUT2D eigenvalue weighted by Crippen LogP contribution is -2.26. The summed E-state index contributed by atoms with van der Waals surface area (Å²) in [6, 6.07) is 49.9. The number of fused-ring (bicyclic) bond motifs is 3. The van der Waals surface area contributed by atoms with Gasteiger partial charge in [-0.05, 0) is 96.1 Å². The van der Waals surface area contributed by atoms with Crippen molar-refractivity contribution in [3.05, 3.63) is 199 Å². The van der Waals surface area contributed by atoms with Crippen LogP contribution < -0.4 is 31.9 Å². The number of hydrogen-bond acceptors (Lipinski definition) is 9. The van der Waals surface area contributed by atoms with Crippen LogP contribution in [-0.4, -0.2) is 67.0 Å². The van der Waals surface area contributed by atoms with Crippen molar-refractivity contribution >= 4 is 86.2 Å². The van der Waals surface area contributed by atoms with Gasteiger partial charge in [0.05, 0.1) is 16.2 Å². The van der Waals surface area contributed by atoms with Crippen LogP contribution in [0, 0.1) is 0 Å². The van der Waals surface area contributed by atoms with Gasteiger partial charge in [-0.3, -0.25) is 0 Å². The van der Waals surface area contributed by atoms with E-state index in [1.54, 1.807) is 0 Å². The first-order valence-electron chi connectivity index (χ1n) is 24.5. The molecule has 0 spiro atoms. The van der Waals surface area contributed by atoms with Crippen LogP contribution in [0.4, 0.5) is 69.0 Å². The van der Waals surface area contributed by atoms with Gasteiger partial charge < -0.3 is 31.9 Å². The second-order valence-electron chi connectivity index (χ2n) is 20.1. The molecular weight excluding hydrogens is 889 g/mol. The smallest absolute Gasteiger partial charge is 0.233 e. The molecule has 1 aromatic heterocycles. The van der Waals surface area contributed by atoms with Crippen LogP contribution in [0.3, 0.4) is 0 Å². The van der Waals surface area contributed by atoms with Crippen molar-refractivity contribution in [1.29, 1.82) is 0 Å². The highest BCUT2D eigenvalue weighted by atomic mass is 15.3. The zero-order chi connectivity index (χ0) is 50.2. The fourth-order valence-corrected chi connectivity index (χ4v) is 10.5. The normalized spacial score (nSPS) is 16.1. The van der Waals surface area contributed by atoms with E-state index in [1.807, 2.05) is 91.4 Å². The van der Waals surface area contributed by atoms with Crippen molar-refractivity contribution in [2.24, 2.45) is 0 Å². The minimum atomic E-state index is -0.125. The summed E-state index contributed by atoms with van der Waals surface area (Å²) in [6.07, 6.45) is 12.5. The molecule has 360 valence electrons. The van der Waals surface area contributed by atoms with Crippen molar-refractivity contribution in [2.75, 3.05) is 53.0 Å². The Morgan fingerprint density at radius 3 is 0.889 bits per heavy atom. The average Bonchev–Trinajstić information content (AvgIpc) is 3.78. The second-order valence-corrected chi connectivity index (χ2v) is 20.1. The summed E-state index contributed by atoms with van der Waals surface area (Å²) in [5.74, 6) is 1.09. The number of hydrogen-bond donors (Lipinski definition) is 6. The van der Waals surface area contributed by atoms with Gasteiger partial charge in [-0.25, -0.2) is 0 Å². The minimum Gasteiger partial charge on any atom is -0.361 e. The van der Waals surface area contributed by atoms with E-state index in [2.05, 4.69) is 199 Å². The molecule has 0 unspecified atom stereocenters. The van der Waals surface area contributed by atoms with Gasteiger partial charge in [0.2, 0.25) is 34.9 Å². The highest BCUT2D eigenvalue weighted by Crippen LogP contribution is 2.41. The third-order valence-electron chi connectivity index (χ3n) is 14.3. The van der Waals surface area contributed by atoms with E-state index in [4.69, 9.17) is 15.0 Å². The maximum atomic E-state index is 4.87. The number of anilines is 9. The van der Waals surface area contributed by atoms with Crippen LogP contribution in [0.2, 0.25) is 0 Å². The molecule has 6 N–H and O–H groups in total. The predicted molar refractivity (Wildman–Crippen MR) is 298 cm³/mol. The molecule has 0 atom stereocenters. The first-order valence-corrected chi connectivity index (χ1v) is 24.5. The summed E-state index contributed by atoms with van der Waals surface area (Å²) in [5, 5.41) is 20.8. The summed E-state index contributed by atoms with van der Waals surface area (Å²) in [7, 11) is 6.38. The Hall–Kier alpha value is -8.64. The Labute approximate surface area is 423 Å². The quantitative estimate of drug-likeness (QED) is 0.0558. The summed E-state index contributed by atoms with van der Waals surface area (Å²) in [4.78, 5) is 14.6. The summed E-state index contributed by atoms with van der Waals surface area (Å²) < 4.78 is 6.80. The number of nitrogens with one attached hydrogen (secondary N) is 6. The minimum absolute atomic E-state index is 0.125. The zero-order valence-electron chi connectivity index (χ0n) is 42.5. The average molecular weight is 952 g/mol. The first kappa shape index (κ1) is 47.1. The van der Waals surface area contributed by atoms with E-state index < -0.39 is 0 Å². The molecule has 0 saturated heterocycles. The number of allylic oxidation sites excluding steroid dienone is 3. The van der Waals surface area contributed by atoms with Gasteiger partial charge in [0, 0.05) is 106 Å². The largest absolute Gasteiger partial charge is 0.361 e. The molecule has 0 aliphatic carbocycles. The third kappa shape index (κ3) is 9.14. The first-order chi connectivity index (χ1) is 34.7. The van der Waals surface area contributed by atoms with E-state index in [-0.39, 0.29) is 16.2 Å². The maximum absolute atomic E-state index is 4.87. The van der Waals surface area contributed by atoms with Crippen LogP contribution in [0.25, 0.3) is 0 Å². The highest BCUT2D eigenvalue weighted by Gasteiger charge is 2.44. The molecule has 6 aromatic carbocycles. The number of aromatic nitrogens is 3. The third-order valence-corrected chi connectivity index (χ3v) is 14.3. The number of para-hydroxylation sites is 3. The number of nitrogens with zero attached hydrogens (tertiary/aromatic N) is 6. The zero-order valence-corrected chi connectivity index (χ0v) is 42.5. The van der Waals surface area contributed by atoms with Crippen LogP contribution in [-0.2, 0) is 16.2 Å². The number of rotatable bonds is 15. The van der Waals surface area contributed by atoms with Gasteiger partial charge in [-0.15, -0.1) is 0 Å². The maximum Gasteiger partial charge on any atom is 0.233 e. The predicted octanol–water partition coefficient (Wildman–Crippen LogP) is 13.0. The van der Waals surface area contributed by atoms with Crippen LogP contribution in [0.1, 0.15) is 58.2 Å². The Morgan fingerprint density at radius 2 is 0.611 bits per heavy atom. The molecule has 0 radical (unpaired) electrons. The lowest BCUT2D eigenvalue weighted by Gasteiger charge is -2.15. The van der Waals surface area contributed by atoms with Crippen LogP contribution >= 0.6 is 0 Å². The van der Waals surface area contributed by atoms with Crippen LogP contribution in [0.5, 0.6) is 0 Å². The molecule has 0 fully saturated rings. The highest BCUT2D eigenvalue weighted by molar-refractivity contribution is 6.04. The molecule has 72 heavy (non-hydrogen) atoms. The Bertz CT molecular complexity index is 3070. The van der Waals surface area contributed by atoms with E-state index in [0.717, 1.165) is 34.1 Å². The van der Waals surface area contributed by atoms with Gasteiger partial charge >= 0.3 is 0 Å². The lowest BCUT2D eigenvalue weighted by molar-refractivity contribution is -0.401. The Kier molecular flexibility index (Phi) is 12.4. The standard InChI is InChI=1S/C60H60N12/c1-58(2)46-25-10-13-28-49(46)70(7)52(58)31-34-61-40-19-16-22-43(37-40)64-55-67-56(65-44-23-17-20-41(38-44)62-35-32-53-59(3,4)47-26-11-14-29-50(47)71(53)8)69-57(68-55)66-45-24-18-21-42(39-45)63-36-33-54-60(5,6)48-27-12-15-30-51(48)72(54)9/h10-39H,1-9H3,(H3,64,65,66,67,68,69)/p+3. The van der Waals surface area contributed by atoms with E-state index in [1.165, 1.54) is 50.9 Å². The molecule has 10 rings (SSSR count).